The van der Waals surface area contributed by atoms with Gasteiger partial charge in [-0.25, -0.2) is 0 Å². The maximum Gasteiger partial charge on any atom is 0.287 e. The Bertz CT molecular complexity index is 311. The quantitative estimate of drug-likeness (QED) is 0.757. The van der Waals surface area contributed by atoms with Crippen LogP contribution in [-0.4, -0.2) is 27.3 Å². The normalized spacial score (nSPS) is 10.6. The number of hydrogen-bond acceptors (Lipinski definition) is 4. The van der Waals surface area contributed by atoms with Crippen molar-refractivity contribution in [3.63, 3.8) is 0 Å². The van der Waals surface area contributed by atoms with Crippen molar-refractivity contribution in [1.29, 1.82) is 0 Å². The zero-order valence-electron chi connectivity index (χ0n) is 10.9. The monoisotopic (exact) mass is 256 g/mol. The molecule has 0 radical (unpaired) electrons. The van der Waals surface area contributed by atoms with E-state index in [0.29, 0.717) is 13.2 Å². The fourth-order valence-corrected chi connectivity index (χ4v) is 2.31. The maximum absolute atomic E-state index is 5.49. The minimum Gasteiger partial charge on any atom is -0.378 e. The Morgan fingerprint density at radius 2 is 1.59 bits per heavy atom. The van der Waals surface area contributed by atoms with Crippen molar-refractivity contribution < 1.29 is 9.05 Å². The van der Waals surface area contributed by atoms with E-state index in [0.717, 1.165) is 5.69 Å². The molecule has 0 spiro atoms. The summed E-state index contributed by atoms with van der Waals surface area (Å²) in [5, 5.41) is 3.25. The van der Waals surface area contributed by atoms with Gasteiger partial charge in [-0.2, -0.15) is 0 Å². The van der Waals surface area contributed by atoms with Crippen LogP contribution in [0.5, 0.6) is 0 Å². The predicted octanol–water partition coefficient (Wildman–Crippen LogP) is 3.46. The van der Waals surface area contributed by atoms with Gasteiger partial charge in [-0.15, -0.1) is 0 Å². The minimum absolute atomic E-state index is 0.647. The van der Waals surface area contributed by atoms with Crippen molar-refractivity contribution in [3.8, 4) is 0 Å². The Morgan fingerprint density at radius 3 is 2.00 bits per heavy atom. The molecule has 0 unspecified atom stereocenters. The number of benzene rings is 1. The van der Waals surface area contributed by atoms with E-state index < -0.39 is 8.53 Å². The summed E-state index contributed by atoms with van der Waals surface area (Å²) in [7, 11) is 3.02. The van der Waals surface area contributed by atoms with Crippen LogP contribution in [-0.2, 0) is 9.05 Å². The van der Waals surface area contributed by atoms with Crippen LogP contribution in [0.1, 0.15) is 13.8 Å². The van der Waals surface area contributed by atoms with Crippen LogP contribution in [0.4, 0.5) is 11.4 Å². The Kier molecular flexibility index (Phi) is 6.27. The van der Waals surface area contributed by atoms with E-state index in [1.54, 1.807) is 0 Å². The summed E-state index contributed by atoms with van der Waals surface area (Å²) >= 11 is 0. The molecule has 0 aromatic heterocycles. The average molecular weight is 256 g/mol. The van der Waals surface area contributed by atoms with Gasteiger partial charge in [-0.3, -0.25) is 0 Å². The largest absolute Gasteiger partial charge is 0.378 e. The van der Waals surface area contributed by atoms with E-state index in [4.69, 9.17) is 9.05 Å². The summed E-state index contributed by atoms with van der Waals surface area (Å²) in [5.41, 5.74) is 2.19. The van der Waals surface area contributed by atoms with Gasteiger partial charge in [0.25, 0.3) is 8.53 Å². The first-order chi connectivity index (χ1) is 8.17. The maximum atomic E-state index is 5.49. The average Bonchev–Trinajstić information content (AvgIpc) is 2.30. The third-order valence-electron chi connectivity index (χ3n) is 2.10. The predicted molar refractivity (Wildman–Crippen MR) is 74.6 cm³/mol. The lowest BCUT2D eigenvalue weighted by Gasteiger charge is -2.18. The molecule has 0 aliphatic heterocycles. The highest BCUT2D eigenvalue weighted by atomic mass is 31.2. The molecule has 0 heterocycles. The molecule has 1 rings (SSSR count). The number of hydrogen-bond donors (Lipinski definition) is 1. The fraction of sp³-hybridized carbons (Fsp3) is 0.500. The van der Waals surface area contributed by atoms with Gasteiger partial charge in [-0.05, 0) is 38.1 Å². The lowest BCUT2D eigenvalue weighted by Crippen LogP contribution is -2.08. The molecule has 0 aliphatic rings. The van der Waals surface area contributed by atoms with Crippen LogP contribution in [0.3, 0.4) is 0 Å². The number of nitrogens with one attached hydrogen (secondary N) is 1. The van der Waals surface area contributed by atoms with Crippen molar-refractivity contribution >= 4 is 19.9 Å². The van der Waals surface area contributed by atoms with Gasteiger partial charge in [0.1, 0.15) is 0 Å². The molecule has 1 N–H and O–H groups in total. The molecule has 1 aromatic carbocycles. The second-order valence-electron chi connectivity index (χ2n) is 3.65. The molecule has 0 atom stereocenters. The number of rotatable bonds is 7. The van der Waals surface area contributed by atoms with E-state index in [1.165, 1.54) is 5.69 Å². The summed E-state index contributed by atoms with van der Waals surface area (Å²) in [5.74, 6) is 0. The summed E-state index contributed by atoms with van der Waals surface area (Å²) in [6, 6.07) is 8.19. The highest BCUT2D eigenvalue weighted by molar-refractivity contribution is 7.48. The Morgan fingerprint density at radius 1 is 1.06 bits per heavy atom. The molecule has 0 saturated heterocycles. The molecule has 0 bridgehead atoms. The molecule has 96 valence electrons. The molecule has 4 nitrogen and oxygen atoms in total. The SMILES string of the molecule is CCOP(Nc1ccc(N(C)C)cc1)OCC. The lowest BCUT2D eigenvalue weighted by molar-refractivity contribution is 0.273. The van der Waals surface area contributed by atoms with E-state index in [-0.39, 0.29) is 0 Å². The van der Waals surface area contributed by atoms with Crippen molar-refractivity contribution in [2.24, 2.45) is 0 Å². The van der Waals surface area contributed by atoms with Gasteiger partial charge in [0.2, 0.25) is 0 Å². The molecule has 0 saturated carbocycles. The van der Waals surface area contributed by atoms with Gasteiger partial charge in [0.05, 0.1) is 13.2 Å². The van der Waals surface area contributed by atoms with Crippen LogP contribution in [0.25, 0.3) is 0 Å². The fourth-order valence-electron chi connectivity index (χ4n) is 1.28. The van der Waals surface area contributed by atoms with Gasteiger partial charge in [0.15, 0.2) is 0 Å². The molecule has 0 fully saturated rings. The Balaban J connectivity index is 2.59. The van der Waals surface area contributed by atoms with Gasteiger partial charge in [-0.1, -0.05) is 0 Å². The number of anilines is 2. The van der Waals surface area contributed by atoms with Crippen LogP contribution >= 0.6 is 8.53 Å². The van der Waals surface area contributed by atoms with E-state index in [9.17, 15) is 0 Å². The van der Waals surface area contributed by atoms with Crippen molar-refractivity contribution in [2.75, 3.05) is 37.3 Å². The first-order valence-electron chi connectivity index (χ1n) is 5.77. The standard InChI is InChI=1S/C12H21N2O2P/c1-5-15-17(16-6-2)13-11-7-9-12(10-8-11)14(3)4/h7-10,13H,5-6H2,1-4H3. The minimum atomic E-state index is -1.03. The van der Waals surface area contributed by atoms with Gasteiger partial charge < -0.3 is 19.0 Å². The van der Waals surface area contributed by atoms with Crippen LogP contribution in [0, 0.1) is 0 Å². The highest BCUT2D eigenvalue weighted by Gasteiger charge is 2.09. The van der Waals surface area contributed by atoms with Gasteiger partial charge in [0, 0.05) is 25.5 Å². The highest BCUT2D eigenvalue weighted by Crippen LogP contribution is 2.38. The zero-order chi connectivity index (χ0) is 12.7. The second kappa shape index (κ2) is 7.49. The first kappa shape index (κ1) is 14.2. The molecule has 0 aliphatic carbocycles. The second-order valence-corrected chi connectivity index (χ2v) is 4.90. The third-order valence-corrected chi connectivity index (χ3v) is 3.52. The van der Waals surface area contributed by atoms with Crippen molar-refractivity contribution in [1.82, 2.24) is 0 Å². The molecular weight excluding hydrogens is 235 g/mol. The smallest absolute Gasteiger partial charge is 0.287 e. The van der Waals surface area contributed by atoms with Crippen molar-refractivity contribution in [3.05, 3.63) is 24.3 Å². The molecule has 0 amide bonds. The topological polar surface area (TPSA) is 33.7 Å². The first-order valence-corrected chi connectivity index (χ1v) is 6.95. The summed E-state index contributed by atoms with van der Waals surface area (Å²) in [6.07, 6.45) is 0. The van der Waals surface area contributed by atoms with E-state index in [2.05, 4.69) is 22.1 Å². The molecular formula is C12H21N2O2P. The van der Waals surface area contributed by atoms with E-state index in [1.807, 2.05) is 40.1 Å². The lowest BCUT2D eigenvalue weighted by atomic mass is 10.3. The molecule has 17 heavy (non-hydrogen) atoms. The molecule has 5 heteroatoms. The van der Waals surface area contributed by atoms with Crippen LogP contribution < -0.4 is 9.99 Å². The zero-order valence-corrected chi connectivity index (χ0v) is 11.8. The summed E-state index contributed by atoms with van der Waals surface area (Å²) in [6.45, 7) is 5.22. The van der Waals surface area contributed by atoms with E-state index >= 15 is 0 Å². The van der Waals surface area contributed by atoms with Gasteiger partial charge >= 0.3 is 0 Å². The van der Waals surface area contributed by atoms with Crippen LogP contribution in [0.15, 0.2) is 24.3 Å². The summed E-state index contributed by atoms with van der Waals surface area (Å²) < 4.78 is 11.0. The Hall–Kier alpha value is -0.830. The van der Waals surface area contributed by atoms with Crippen LogP contribution in [0.2, 0.25) is 0 Å². The Labute approximate surface area is 105 Å². The summed E-state index contributed by atoms with van der Waals surface area (Å²) in [4.78, 5) is 2.07. The molecule has 1 aromatic rings. The third kappa shape index (κ3) is 4.90. The van der Waals surface area contributed by atoms with Crippen molar-refractivity contribution in [2.45, 2.75) is 13.8 Å². The number of nitrogens with zero attached hydrogens (tertiary/aromatic N) is 1.